The van der Waals surface area contributed by atoms with Crippen molar-refractivity contribution >= 4 is 5.78 Å². The molecule has 0 saturated heterocycles. The van der Waals surface area contributed by atoms with Gasteiger partial charge in [0.1, 0.15) is 0 Å². The molecule has 2 aliphatic rings. The molecule has 0 aromatic heterocycles. The maximum atomic E-state index is 13.3. The lowest BCUT2D eigenvalue weighted by atomic mass is 9.68. The molecule has 0 aliphatic heterocycles. The average molecular weight is 361 g/mol. The number of hydrogen-bond acceptors (Lipinski definition) is 1. The molecule has 1 nitrogen and oxygen atoms in total. The lowest BCUT2D eigenvalue weighted by Crippen LogP contribution is -2.32. The fraction of sp³-hybridized carbons (Fsp3) is 0.500. The molecule has 27 heavy (non-hydrogen) atoms. The summed E-state index contributed by atoms with van der Waals surface area (Å²) in [7, 11) is 0. The Morgan fingerprint density at radius 1 is 1.04 bits per heavy atom. The van der Waals surface area contributed by atoms with E-state index >= 15 is 0 Å². The smallest absolute Gasteiger partial charge is 0.166 e. The zero-order valence-electron chi connectivity index (χ0n) is 17.2. The number of benzene rings is 2. The number of hydrogen-bond donors (Lipinski definition) is 0. The van der Waals surface area contributed by atoms with Crippen LogP contribution in [0.1, 0.15) is 85.5 Å². The summed E-state index contributed by atoms with van der Waals surface area (Å²) in [4.78, 5) is 13.3. The fourth-order valence-electron chi connectivity index (χ4n) is 5.33. The second-order valence-electron chi connectivity index (χ2n) is 9.38. The number of carbonyl (C=O) groups is 1. The van der Waals surface area contributed by atoms with Crippen LogP contribution in [-0.4, -0.2) is 5.78 Å². The highest BCUT2D eigenvalue weighted by Crippen LogP contribution is 2.47. The Labute approximate surface area is 164 Å². The van der Waals surface area contributed by atoms with Gasteiger partial charge in [-0.15, -0.1) is 0 Å². The van der Waals surface area contributed by atoms with Gasteiger partial charge in [0.2, 0.25) is 0 Å². The molecule has 2 aromatic rings. The summed E-state index contributed by atoms with van der Waals surface area (Å²) in [6.45, 7) is 9.19. The summed E-state index contributed by atoms with van der Waals surface area (Å²) in [5.41, 5.74) is 6.77. The van der Waals surface area contributed by atoms with E-state index in [2.05, 4.69) is 70.2 Å². The van der Waals surface area contributed by atoms with Crippen LogP contribution in [0, 0.1) is 11.8 Å². The lowest BCUT2D eigenvalue weighted by Gasteiger charge is -2.36. The molecule has 1 heteroatoms. The van der Waals surface area contributed by atoms with Crippen molar-refractivity contribution in [3.63, 3.8) is 0 Å². The minimum absolute atomic E-state index is 0.180. The number of aryl methyl sites for hydroxylation is 2. The molecule has 3 atom stereocenters. The number of fused-ring (bicyclic) bond motifs is 2. The molecule has 3 unspecified atom stereocenters. The van der Waals surface area contributed by atoms with Gasteiger partial charge >= 0.3 is 0 Å². The van der Waals surface area contributed by atoms with E-state index in [0.717, 1.165) is 24.8 Å². The molecule has 0 N–H and O–H groups in total. The van der Waals surface area contributed by atoms with E-state index in [-0.39, 0.29) is 11.3 Å². The van der Waals surface area contributed by atoms with Crippen molar-refractivity contribution in [3.05, 3.63) is 70.3 Å². The average Bonchev–Trinajstić information content (AvgIpc) is 3.02. The predicted molar refractivity (Wildman–Crippen MR) is 113 cm³/mol. The monoisotopic (exact) mass is 360 g/mol. The van der Waals surface area contributed by atoms with E-state index in [9.17, 15) is 4.79 Å². The second kappa shape index (κ2) is 6.93. The van der Waals surface area contributed by atoms with Gasteiger partial charge in [-0.25, -0.2) is 0 Å². The van der Waals surface area contributed by atoms with Gasteiger partial charge in [-0.05, 0) is 77.7 Å². The Hall–Kier alpha value is -1.89. The minimum atomic E-state index is 0.180. The standard InChI is InChI=1S/C26H32O/c1-17(2)21-11-9-19-10-12-22(25(27)23(19)16-21)15-18(3)26(4)14-13-20-7-5-6-8-24(20)26/h5-9,11,16-18,22H,10,12-15H2,1-4H3. The summed E-state index contributed by atoms with van der Waals surface area (Å²) in [5, 5.41) is 0. The first-order valence-electron chi connectivity index (χ1n) is 10.7. The SMILES string of the molecule is CC(C)c1ccc2c(c1)C(=O)C(CC(C)C1(C)CCc3ccccc31)CC2. The second-order valence-corrected chi connectivity index (χ2v) is 9.38. The van der Waals surface area contributed by atoms with Gasteiger partial charge in [-0.2, -0.15) is 0 Å². The largest absolute Gasteiger partial charge is 0.294 e. The van der Waals surface area contributed by atoms with E-state index in [0.29, 0.717) is 17.6 Å². The van der Waals surface area contributed by atoms with Gasteiger partial charge < -0.3 is 0 Å². The number of rotatable bonds is 4. The summed E-state index contributed by atoms with van der Waals surface area (Å²) >= 11 is 0. The zero-order chi connectivity index (χ0) is 19.2. The maximum absolute atomic E-state index is 13.3. The Morgan fingerprint density at radius 2 is 1.81 bits per heavy atom. The van der Waals surface area contributed by atoms with E-state index in [1.165, 1.54) is 35.1 Å². The van der Waals surface area contributed by atoms with Crippen molar-refractivity contribution in [1.29, 1.82) is 0 Å². The summed E-state index contributed by atoms with van der Waals surface area (Å²) < 4.78 is 0. The third-order valence-electron chi connectivity index (χ3n) is 7.47. The van der Waals surface area contributed by atoms with Gasteiger partial charge in [-0.1, -0.05) is 64.1 Å². The van der Waals surface area contributed by atoms with Crippen LogP contribution in [-0.2, 0) is 18.3 Å². The van der Waals surface area contributed by atoms with Crippen molar-refractivity contribution in [1.82, 2.24) is 0 Å². The van der Waals surface area contributed by atoms with Crippen LogP contribution in [0.2, 0.25) is 0 Å². The first-order valence-corrected chi connectivity index (χ1v) is 10.7. The Balaban J connectivity index is 1.56. The maximum Gasteiger partial charge on any atom is 0.166 e. The highest BCUT2D eigenvalue weighted by atomic mass is 16.1. The van der Waals surface area contributed by atoms with E-state index in [1.807, 2.05) is 0 Å². The van der Waals surface area contributed by atoms with E-state index in [1.54, 1.807) is 0 Å². The third-order valence-corrected chi connectivity index (χ3v) is 7.47. The summed E-state index contributed by atoms with van der Waals surface area (Å²) in [5.74, 6) is 1.56. The topological polar surface area (TPSA) is 17.1 Å². The number of ketones is 1. The predicted octanol–water partition coefficient (Wildman–Crippen LogP) is 6.49. The molecule has 0 saturated carbocycles. The first-order chi connectivity index (χ1) is 12.9. The van der Waals surface area contributed by atoms with Crippen molar-refractivity contribution in [2.45, 2.75) is 71.1 Å². The van der Waals surface area contributed by atoms with Crippen LogP contribution in [0.25, 0.3) is 0 Å². The van der Waals surface area contributed by atoms with E-state index < -0.39 is 0 Å². The van der Waals surface area contributed by atoms with Crippen molar-refractivity contribution in [2.75, 3.05) is 0 Å². The molecule has 0 fully saturated rings. The molecular formula is C26H32O. The van der Waals surface area contributed by atoms with Crippen LogP contribution in [0.3, 0.4) is 0 Å². The van der Waals surface area contributed by atoms with Crippen LogP contribution in [0.4, 0.5) is 0 Å². The van der Waals surface area contributed by atoms with Gasteiger partial charge in [0.25, 0.3) is 0 Å². The van der Waals surface area contributed by atoms with Crippen molar-refractivity contribution in [3.8, 4) is 0 Å². The molecule has 0 radical (unpaired) electrons. The fourth-order valence-corrected chi connectivity index (χ4v) is 5.33. The number of Topliss-reactive ketones (excluding diaryl/α,β-unsaturated/α-hetero) is 1. The molecule has 0 heterocycles. The zero-order valence-corrected chi connectivity index (χ0v) is 17.2. The minimum Gasteiger partial charge on any atom is -0.294 e. The quantitative estimate of drug-likeness (QED) is 0.609. The third kappa shape index (κ3) is 3.16. The number of carbonyl (C=O) groups excluding carboxylic acids is 1. The first kappa shape index (κ1) is 18.5. The highest BCUT2D eigenvalue weighted by molar-refractivity contribution is 6.00. The summed E-state index contributed by atoms with van der Waals surface area (Å²) in [6.07, 6.45) is 5.45. The van der Waals surface area contributed by atoms with Crippen molar-refractivity contribution in [2.24, 2.45) is 11.8 Å². The van der Waals surface area contributed by atoms with Gasteiger partial charge in [-0.3, -0.25) is 4.79 Å². The summed E-state index contributed by atoms with van der Waals surface area (Å²) in [6, 6.07) is 15.5. The van der Waals surface area contributed by atoms with Gasteiger partial charge in [0.05, 0.1) is 0 Å². The molecular weight excluding hydrogens is 328 g/mol. The van der Waals surface area contributed by atoms with Gasteiger partial charge in [0.15, 0.2) is 5.78 Å². The molecule has 142 valence electrons. The van der Waals surface area contributed by atoms with Gasteiger partial charge in [0, 0.05) is 11.5 Å². The van der Waals surface area contributed by atoms with Crippen molar-refractivity contribution < 1.29 is 4.79 Å². The Morgan fingerprint density at radius 3 is 2.59 bits per heavy atom. The van der Waals surface area contributed by atoms with Crippen LogP contribution >= 0.6 is 0 Å². The van der Waals surface area contributed by atoms with E-state index in [4.69, 9.17) is 0 Å². The van der Waals surface area contributed by atoms with Crippen LogP contribution in [0.5, 0.6) is 0 Å². The molecule has 0 spiro atoms. The lowest BCUT2D eigenvalue weighted by molar-refractivity contribution is 0.0866. The normalized spacial score (nSPS) is 25.4. The molecule has 0 amide bonds. The van der Waals surface area contributed by atoms with Crippen LogP contribution < -0.4 is 0 Å². The highest BCUT2D eigenvalue weighted by Gasteiger charge is 2.41. The molecule has 0 bridgehead atoms. The Kier molecular flexibility index (Phi) is 4.74. The molecule has 4 rings (SSSR count). The van der Waals surface area contributed by atoms with Crippen LogP contribution in [0.15, 0.2) is 42.5 Å². The Bertz CT molecular complexity index is 862. The molecule has 2 aromatic carbocycles. The molecule has 2 aliphatic carbocycles.